The predicted octanol–water partition coefficient (Wildman–Crippen LogP) is 2.06. The molecule has 0 fully saturated rings. The summed E-state index contributed by atoms with van der Waals surface area (Å²) in [5.74, 6) is -0.354. The molecule has 0 atom stereocenters. The molecule has 0 aromatic rings. The highest BCUT2D eigenvalue weighted by Gasteiger charge is 2.16. The SMILES string of the molecule is C=C=C(C)C(=O)OC(C)(C)C. The molecule has 0 unspecified atom stereocenters. The van der Waals surface area contributed by atoms with Crippen molar-refractivity contribution in [3.05, 3.63) is 17.9 Å². The van der Waals surface area contributed by atoms with Crippen LogP contribution in [0.3, 0.4) is 0 Å². The van der Waals surface area contributed by atoms with Gasteiger partial charge in [0.15, 0.2) is 0 Å². The van der Waals surface area contributed by atoms with Crippen LogP contribution in [0.15, 0.2) is 17.9 Å². The molecule has 0 saturated heterocycles. The minimum atomic E-state index is -0.435. The molecule has 2 heteroatoms. The van der Waals surface area contributed by atoms with Crippen LogP contribution in [0.2, 0.25) is 0 Å². The highest BCUT2D eigenvalue weighted by atomic mass is 16.6. The third-order valence-electron chi connectivity index (χ3n) is 0.970. The summed E-state index contributed by atoms with van der Waals surface area (Å²) in [4.78, 5) is 11.0. The minimum Gasteiger partial charge on any atom is -0.456 e. The van der Waals surface area contributed by atoms with Crippen molar-refractivity contribution in [3.8, 4) is 0 Å². The Morgan fingerprint density at radius 3 is 2.18 bits per heavy atom. The van der Waals surface area contributed by atoms with Gasteiger partial charge in [0.1, 0.15) is 5.60 Å². The molecule has 0 heterocycles. The van der Waals surface area contributed by atoms with E-state index in [9.17, 15) is 4.79 Å². The quantitative estimate of drug-likeness (QED) is 0.328. The second-order valence-electron chi connectivity index (χ2n) is 3.30. The molecule has 0 rings (SSSR count). The smallest absolute Gasteiger partial charge is 0.342 e. The predicted molar refractivity (Wildman–Crippen MR) is 44.2 cm³/mol. The van der Waals surface area contributed by atoms with Crippen LogP contribution in [0.25, 0.3) is 0 Å². The summed E-state index contributed by atoms with van der Waals surface area (Å²) in [6.45, 7) is 10.4. The number of hydrogen-bond acceptors (Lipinski definition) is 2. The molecule has 0 aliphatic carbocycles. The van der Waals surface area contributed by atoms with E-state index < -0.39 is 5.60 Å². The van der Waals surface area contributed by atoms with Crippen LogP contribution in [0.5, 0.6) is 0 Å². The lowest BCUT2D eigenvalue weighted by molar-refractivity contribution is -0.149. The molecule has 0 N–H and O–H groups in total. The van der Waals surface area contributed by atoms with Gasteiger partial charge in [0.05, 0.1) is 5.57 Å². The van der Waals surface area contributed by atoms with Crippen molar-refractivity contribution in [2.75, 3.05) is 0 Å². The van der Waals surface area contributed by atoms with Crippen molar-refractivity contribution >= 4 is 5.97 Å². The molecule has 0 bridgehead atoms. The van der Waals surface area contributed by atoms with Gasteiger partial charge in [0.2, 0.25) is 0 Å². The standard InChI is InChI=1S/C9H14O2/c1-6-7(2)8(10)11-9(3,4)5/h1H2,2-5H3. The number of rotatable bonds is 1. The lowest BCUT2D eigenvalue weighted by Crippen LogP contribution is -2.24. The van der Waals surface area contributed by atoms with Crippen LogP contribution < -0.4 is 0 Å². The van der Waals surface area contributed by atoms with Crippen LogP contribution in [-0.4, -0.2) is 11.6 Å². The van der Waals surface area contributed by atoms with E-state index in [1.165, 1.54) is 0 Å². The third-order valence-corrected chi connectivity index (χ3v) is 0.970. The highest BCUT2D eigenvalue weighted by molar-refractivity contribution is 5.87. The summed E-state index contributed by atoms with van der Waals surface area (Å²) < 4.78 is 5.01. The second-order valence-corrected chi connectivity index (χ2v) is 3.30. The normalized spacial score (nSPS) is 10.2. The summed E-state index contributed by atoms with van der Waals surface area (Å²) in [5.41, 5.74) is 2.46. The van der Waals surface area contributed by atoms with Crippen molar-refractivity contribution in [1.82, 2.24) is 0 Å². The van der Waals surface area contributed by atoms with E-state index in [1.54, 1.807) is 6.92 Å². The molecule has 0 aromatic carbocycles. The van der Waals surface area contributed by atoms with Crippen LogP contribution >= 0.6 is 0 Å². The van der Waals surface area contributed by atoms with E-state index in [4.69, 9.17) is 4.74 Å². The first kappa shape index (κ1) is 9.99. The molecule has 0 spiro atoms. The summed E-state index contributed by atoms with van der Waals surface area (Å²) in [6.07, 6.45) is 0. The molecule has 11 heavy (non-hydrogen) atoms. The average Bonchev–Trinajstić information content (AvgIpc) is 1.82. The Balaban J connectivity index is 4.21. The summed E-state index contributed by atoms with van der Waals surface area (Å²) in [6, 6.07) is 0. The first-order valence-electron chi connectivity index (χ1n) is 3.47. The van der Waals surface area contributed by atoms with Gasteiger partial charge in [0.25, 0.3) is 0 Å². The first-order chi connectivity index (χ1) is 4.87. The van der Waals surface area contributed by atoms with Crippen LogP contribution in [0, 0.1) is 0 Å². The number of esters is 1. The highest BCUT2D eigenvalue weighted by Crippen LogP contribution is 2.09. The monoisotopic (exact) mass is 154 g/mol. The zero-order valence-electron chi connectivity index (χ0n) is 7.52. The second kappa shape index (κ2) is 3.40. The topological polar surface area (TPSA) is 26.3 Å². The van der Waals surface area contributed by atoms with Gasteiger partial charge in [-0.25, -0.2) is 4.79 Å². The molecule has 0 aromatic heterocycles. The van der Waals surface area contributed by atoms with Gasteiger partial charge in [-0.3, -0.25) is 0 Å². The van der Waals surface area contributed by atoms with Crippen LogP contribution in [-0.2, 0) is 9.53 Å². The molecule has 0 amide bonds. The summed E-state index contributed by atoms with van der Waals surface area (Å²) in [7, 11) is 0. The largest absolute Gasteiger partial charge is 0.456 e. The van der Waals surface area contributed by atoms with Gasteiger partial charge in [-0.15, -0.1) is 5.73 Å². The maximum absolute atomic E-state index is 11.0. The van der Waals surface area contributed by atoms with Crippen molar-refractivity contribution in [3.63, 3.8) is 0 Å². The first-order valence-corrected chi connectivity index (χ1v) is 3.47. The Labute approximate surface area is 67.6 Å². The Morgan fingerprint density at radius 2 is 1.91 bits per heavy atom. The number of carbonyl (C=O) groups excluding carboxylic acids is 1. The molecule has 2 nitrogen and oxygen atoms in total. The van der Waals surface area contributed by atoms with Gasteiger partial charge >= 0.3 is 5.97 Å². The van der Waals surface area contributed by atoms with E-state index in [0.717, 1.165) is 0 Å². The van der Waals surface area contributed by atoms with E-state index in [2.05, 4.69) is 12.3 Å². The fourth-order valence-electron chi connectivity index (χ4n) is 0.427. The fourth-order valence-corrected chi connectivity index (χ4v) is 0.427. The van der Waals surface area contributed by atoms with Crippen molar-refractivity contribution in [2.24, 2.45) is 0 Å². The van der Waals surface area contributed by atoms with Crippen molar-refractivity contribution < 1.29 is 9.53 Å². The molecule has 0 aliphatic heterocycles. The maximum atomic E-state index is 11.0. The Bertz CT molecular complexity index is 202. The van der Waals surface area contributed by atoms with Crippen LogP contribution in [0.1, 0.15) is 27.7 Å². The fraction of sp³-hybridized carbons (Fsp3) is 0.556. The van der Waals surface area contributed by atoms with E-state index in [0.29, 0.717) is 5.57 Å². The summed E-state index contributed by atoms with van der Waals surface area (Å²) >= 11 is 0. The zero-order chi connectivity index (χ0) is 9.07. The van der Waals surface area contributed by atoms with Crippen LogP contribution in [0.4, 0.5) is 0 Å². The molecule has 62 valence electrons. The number of ether oxygens (including phenoxy) is 1. The molecule has 0 radical (unpaired) electrons. The van der Waals surface area contributed by atoms with Crippen molar-refractivity contribution in [1.29, 1.82) is 0 Å². The van der Waals surface area contributed by atoms with E-state index in [1.807, 2.05) is 20.8 Å². The van der Waals surface area contributed by atoms with Crippen molar-refractivity contribution in [2.45, 2.75) is 33.3 Å². The van der Waals surface area contributed by atoms with Gasteiger partial charge < -0.3 is 4.74 Å². The molecule has 0 saturated carbocycles. The summed E-state index contributed by atoms with van der Waals surface area (Å²) in [5, 5.41) is 0. The molecular weight excluding hydrogens is 140 g/mol. The third kappa shape index (κ3) is 4.40. The number of hydrogen-bond donors (Lipinski definition) is 0. The lowest BCUT2D eigenvalue weighted by atomic mass is 10.2. The van der Waals surface area contributed by atoms with E-state index in [-0.39, 0.29) is 5.97 Å². The van der Waals surface area contributed by atoms with E-state index >= 15 is 0 Å². The number of carbonyl (C=O) groups is 1. The molecular formula is C9H14O2. The van der Waals surface area contributed by atoms with Gasteiger partial charge in [-0.2, -0.15) is 0 Å². The van der Waals surface area contributed by atoms with Gasteiger partial charge in [-0.1, -0.05) is 6.58 Å². The maximum Gasteiger partial charge on any atom is 0.342 e. The Kier molecular flexibility index (Phi) is 3.09. The van der Waals surface area contributed by atoms with Gasteiger partial charge in [-0.05, 0) is 27.7 Å². The zero-order valence-corrected chi connectivity index (χ0v) is 7.52. The minimum absolute atomic E-state index is 0.354. The van der Waals surface area contributed by atoms with Gasteiger partial charge in [0, 0.05) is 0 Å². The lowest BCUT2D eigenvalue weighted by Gasteiger charge is -2.18. The Hall–Kier alpha value is -1.01. The Morgan fingerprint density at radius 1 is 1.45 bits per heavy atom. The average molecular weight is 154 g/mol. The molecule has 0 aliphatic rings.